The van der Waals surface area contributed by atoms with Gasteiger partial charge in [0.15, 0.2) is 0 Å². The maximum Gasteiger partial charge on any atom is 0.243 e. The van der Waals surface area contributed by atoms with Crippen molar-refractivity contribution in [2.75, 3.05) is 32.7 Å². The average Bonchev–Trinajstić information content (AvgIpc) is 2.50. The Morgan fingerprint density at radius 1 is 1.32 bits per heavy atom. The first-order valence-electron chi connectivity index (χ1n) is 7.23. The Morgan fingerprint density at radius 2 is 1.95 bits per heavy atom. The van der Waals surface area contributed by atoms with E-state index in [0.29, 0.717) is 37.6 Å². The summed E-state index contributed by atoms with van der Waals surface area (Å²) in [5.41, 5.74) is 0.905. The number of rotatable bonds is 4. The molecule has 0 N–H and O–H groups in total. The molecular formula is C15H20BrN3O2S. The van der Waals surface area contributed by atoms with Crippen molar-refractivity contribution in [2.24, 2.45) is 5.92 Å². The largest absolute Gasteiger partial charge is 0.299 e. The minimum Gasteiger partial charge on any atom is -0.299 e. The number of hydrogen-bond acceptors (Lipinski definition) is 4. The first-order valence-corrected chi connectivity index (χ1v) is 9.46. The molecule has 1 saturated heterocycles. The molecule has 1 fully saturated rings. The predicted octanol–water partition coefficient (Wildman–Crippen LogP) is 2.22. The molecule has 0 amide bonds. The molecule has 1 atom stereocenters. The lowest BCUT2D eigenvalue weighted by Crippen LogP contribution is -2.49. The quantitative estimate of drug-likeness (QED) is 0.796. The highest BCUT2D eigenvalue weighted by atomic mass is 79.9. The fraction of sp³-hybridized carbons (Fsp3) is 0.533. The van der Waals surface area contributed by atoms with E-state index >= 15 is 0 Å². The van der Waals surface area contributed by atoms with Crippen LogP contribution in [0, 0.1) is 24.2 Å². The summed E-state index contributed by atoms with van der Waals surface area (Å²) in [4.78, 5) is 2.49. The van der Waals surface area contributed by atoms with Gasteiger partial charge in [-0.2, -0.15) is 9.57 Å². The number of halogens is 1. The van der Waals surface area contributed by atoms with E-state index in [9.17, 15) is 8.42 Å². The Bertz CT molecular complexity index is 677. The number of benzene rings is 1. The fourth-order valence-electron chi connectivity index (χ4n) is 2.51. The third-order valence-corrected chi connectivity index (χ3v) is 6.64. The molecule has 0 bridgehead atoms. The molecule has 2 rings (SSSR count). The minimum absolute atomic E-state index is 0.0303. The van der Waals surface area contributed by atoms with Gasteiger partial charge in [-0.15, -0.1) is 0 Å². The number of hydrogen-bond donors (Lipinski definition) is 0. The molecule has 0 radical (unpaired) electrons. The van der Waals surface area contributed by atoms with Crippen molar-refractivity contribution in [3.05, 3.63) is 28.2 Å². The van der Waals surface area contributed by atoms with Crippen molar-refractivity contribution in [3.8, 4) is 6.07 Å². The zero-order chi connectivity index (χ0) is 16.3. The van der Waals surface area contributed by atoms with Crippen LogP contribution in [0.1, 0.15) is 12.5 Å². The Balaban J connectivity index is 2.06. The lowest BCUT2D eigenvalue weighted by Gasteiger charge is -2.34. The van der Waals surface area contributed by atoms with Gasteiger partial charge >= 0.3 is 0 Å². The van der Waals surface area contributed by atoms with Gasteiger partial charge in [-0.25, -0.2) is 8.42 Å². The van der Waals surface area contributed by atoms with Crippen LogP contribution in [0.5, 0.6) is 0 Å². The molecule has 0 aliphatic carbocycles. The van der Waals surface area contributed by atoms with Crippen LogP contribution in [0.2, 0.25) is 0 Å². The van der Waals surface area contributed by atoms with E-state index in [2.05, 4.69) is 26.9 Å². The molecular weight excluding hydrogens is 366 g/mol. The summed E-state index contributed by atoms with van der Waals surface area (Å²) in [5, 5.41) is 8.86. The van der Waals surface area contributed by atoms with E-state index in [-0.39, 0.29) is 5.92 Å². The van der Waals surface area contributed by atoms with E-state index in [1.54, 1.807) is 18.2 Å². The number of sulfonamides is 1. The van der Waals surface area contributed by atoms with Crippen molar-refractivity contribution in [2.45, 2.75) is 18.7 Å². The highest BCUT2D eigenvalue weighted by molar-refractivity contribution is 9.10. The van der Waals surface area contributed by atoms with E-state index < -0.39 is 10.0 Å². The summed E-state index contributed by atoms with van der Waals surface area (Å²) in [6.07, 6.45) is 0. The lowest BCUT2D eigenvalue weighted by atomic mass is 10.2. The standard InChI is InChI=1S/C15H20BrN3O2S/c1-12(10-17)11-18-5-7-19(8-6-18)22(20,21)14-3-4-15(16)13(2)9-14/h3-4,9,12H,5-8,11H2,1-2H3/t12-/m0/s1. The highest BCUT2D eigenvalue weighted by Crippen LogP contribution is 2.23. The highest BCUT2D eigenvalue weighted by Gasteiger charge is 2.29. The average molecular weight is 386 g/mol. The first-order chi connectivity index (χ1) is 10.3. The van der Waals surface area contributed by atoms with Gasteiger partial charge in [-0.05, 0) is 37.6 Å². The number of piperazine rings is 1. The Labute approximate surface area is 140 Å². The molecule has 1 aromatic carbocycles. The van der Waals surface area contributed by atoms with E-state index in [1.165, 1.54) is 4.31 Å². The van der Waals surface area contributed by atoms with E-state index in [1.807, 2.05) is 13.8 Å². The first kappa shape index (κ1) is 17.4. The molecule has 1 aliphatic heterocycles. The summed E-state index contributed by atoms with van der Waals surface area (Å²) in [6, 6.07) is 7.32. The smallest absolute Gasteiger partial charge is 0.243 e. The van der Waals surface area contributed by atoms with Crippen LogP contribution >= 0.6 is 15.9 Å². The monoisotopic (exact) mass is 385 g/mol. The summed E-state index contributed by atoms with van der Waals surface area (Å²) < 4.78 is 27.8. The van der Waals surface area contributed by atoms with Crippen molar-refractivity contribution in [1.82, 2.24) is 9.21 Å². The Hall–Kier alpha value is -0.940. The Morgan fingerprint density at radius 3 is 2.50 bits per heavy atom. The van der Waals surface area contributed by atoms with Gasteiger partial charge in [0.1, 0.15) is 0 Å². The summed E-state index contributed by atoms with van der Waals surface area (Å²) >= 11 is 3.39. The van der Waals surface area contributed by atoms with Gasteiger partial charge < -0.3 is 0 Å². The molecule has 0 aromatic heterocycles. The molecule has 1 heterocycles. The van der Waals surface area contributed by atoms with Crippen LogP contribution < -0.4 is 0 Å². The van der Waals surface area contributed by atoms with Gasteiger partial charge in [-0.1, -0.05) is 15.9 Å². The van der Waals surface area contributed by atoms with Crippen LogP contribution in [-0.4, -0.2) is 50.3 Å². The molecule has 0 unspecified atom stereocenters. The summed E-state index contributed by atoms with van der Waals surface area (Å²) in [7, 11) is -3.44. The van der Waals surface area contributed by atoms with Crippen molar-refractivity contribution in [3.63, 3.8) is 0 Å². The second kappa shape index (κ2) is 7.09. The normalized spacial score (nSPS) is 18.8. The summed E-state index contributed by atoms with van der Waals surface area (Å²) in [5.74, 6) is -0.0303. The van der Waals surface area contributed by atoms with Crippen LogP contribution in [0.3, 0.4) is 0 Å². The second-order valence-corrected chi connectivity index (χ2v) is 8.44. The minimum atomic E-state index is -3.44. The fourth-order valence-corrected chi connectivity index (χ4v) is 4.26. The molecule has 0 saturated carbocycles. The van der Waals surface area contributed by atoms with Gasteiger partial charge in [0.2, 0.25) is 10.0 Å². The zero-order valence-corrected chi connectivity index (χ0v) is 15.2. The van der Waals surface area contributed by atoms with E-state index in [0.717, 1.165) is 10.0 Å². The van der Waals surface area contributed by atoms with Crippen molar-refractivity contribution in [1.29, 1.82) is 5.26 Å². The maximum atomic E-state index is 12.7. The zero-order valence-electron chi connectivity index (χ0n) is 12.8. The van der Waals surface area contributed by atoms with E-state index in [4.69, 9.17) is 5.26 Å². The molecule has 7 heteroatoms. The van der Waals surface area contributed by atoms with Crippen LogP contribution in [0.15, 0.2) is 27.6 Å². The predicted molar refractivity (Wildman–Crippen MR) is 88.9 cm³/mol. The lowest BCUT2D eigenvalue weighted by molar-refractivity contribution is 0.178. The third kappa shape index (κ3) is 3.87. The van der Waals surface area contributed by atoms with Gasteiger partial charge in [-0.3, -0.25) is 4.90 Å². The van der Waals surface area contributed by atoms with Crippen LogP contribution in [0.25, 0.3) is 0 Å². The number of nitriles is 1. The third-order valence-electron chi connectivity index (χ3n) is 3.85. The number of aryl methyl sites for hydroxylation is 1. The van der Waals surface area contributed by atoms with Gasteiger partial charge in [0.25, 0.3) is 0 Å². The van der Waals surface area contributed by atoms with Gasteiger partial charge in [0.05, 0.1) is 16.9 Å². The Kier molecular flexibility index (Phi) is 5.61. The topological polar surface area (TPSA) is 64.4 Å². The van der Waals surface area contributed by atoms with Crippen LogP contribution in [-0.2, 0) is 10.0 Å². The SMILES string of the molecule is Cc1cc(S(=O)(=O)N2CCN(C[C@@H](C)C#N)CC2)ccc1Br. The number of nitrogens with zero attached hydrogens (tertiary/aromatic N) is 3. The van der Waals surface area contributed by atoms with Gasteiger partial charge in [0, 0.05) is 37.2 Å². The molecule has 5 nitrogen and oxygen atoms in total. The molecule has 1 aromatic rings. The molecule has 120 valence electrons. The molecule has 0 spiro atoms. The van der Waals surface area contributed by atoms with Crippen molar-refractivity contribution < 1.29 is 8.42 Å². The molecule has 1 aliphatic rings. The van der Waals surface area contributed by atoms with Crippen molar-refractivity contribution >= 4 is 26.0 Å². The van der Waals surface area contributed by atoms with Crippen LogP contribution in [0.4, 0.5) is 0 Å². The maximum absolute atomic E-state index is 12.7. The molecule has 22 heavy (non-hydrogen) atoms. The second-order valence-electron chi connectivity index (χ2n) is 5.65. The summed E-state index contributed by atoms with van der Waals surface area (Å²) in [6.45, 7) is 6.73.